The van der Waals surface area contributed by atoms with Crippen molar-refractivity contribution in [2.45, 2.75) is 6.92 Å². The smallest absolute Gasteiger partial charge is 0.197 e. The summed E-state index contributed by atoms with van der Waals surface area (Å²) >= 11 is 0. The van der Waals surface area contributed by atoms with Crippen molar-refractivity contribution >= 4 is 33.6 Å². The number of furan rings is 1. The maximum absolute atomic E-state index is 10.1. The van der Waals surface area contributed by atoms with Gasteiger partial charge in [0.2, 0.25) is 0 Å². The van der Waals surface area contributed by atoms with Crippen LogP contribution in [0.1, 0.15) is 12.5 Å². The van der Waals surface area contributed by atoms with Crippen molar-refractivity contribution in [3.8, 4) is 11.5 Å². The molecule has 2 aromatic carbocycles. The quantitative estimate of drug-likeness (QED) is 0.429. The molecule has 0 atom stereocenters. The van der Waals surface area contributed by atoms with Crippen LogP contribution in [0.3, 0.4) is 0 Å². The highest BCUT2D eigenvalue weighted by molar-refractivity contribution is 6.06. The first kappa shape index (κ1) is 15.9. The molecule has 0 fully saturated rings. The van der Waals surface area contributed by atoms with Gasteiger partial charge < -0.3 is 14.3 Å². The molecular weight excluding hydrogens is 332 g/mol. The van der Waals surface area contributed by atoms with Crippen LogP contribution >= 0.6 is 0 Å². The fraction of sp³-hybridized carbons (Fsp3) is 0.105. The molecule has 4 rings (SSSR count). The molecule has 4 aromatic rings. The Labute approximate surface area is 149 Å². The number of anilines is 1. The van der Waals surface area contributed by atoms with Crippen LogP contribution in [0.5, 0.6) is 11.5 Å². The summed E-state index contributed by atoms with van der Waals surface area (Å²) in [6.45, 7) is 1.78. The molecule has 0 spiro atoms. The number of aromatic hydroxyl groups is 1. The number of nitrogens with one attached hydrogen (secondary N) is 1. The van der Waals surface area contributed by atoms with E-state index < -0.39 is 0 Å². The van der Waals surface area contributed by atoms with Gasteiger partial charge in [-0.3, -0.25) is 5.43 Å². The molecule has 0 aliphatic heterocycles. The molecule has 7 nitrogen and oxygen atoms in total. The van der Waals surface area contributed by atoms with Crippen molar-refractivity contribution in [3.63, 3.8) is 0 Å². The third kappa shape index (κ3) is 2.69. The van der Waals surface area contributed by atoms with Gasteiger partial charge in [0.15, 0.2) is 11.4 Å². The van der Waals surface area contributed by atoms with E-state index in [-0.39, 0.29) is 5.75 Å². The second-order valence-corrected chi connectivity index (χ2v) is 5.69. The number of benzene rings is 2. The van der Waals surface area contributed by atoms with Crippen molar-refractivity contribution < 1.29 is 14.3 Å². The molecule has 0 saturated carbocycles. The molecule has 0 saturated heterocycles. The van der Waals surface area contributed by atoms with Crippen molar-refractivity contribution in [2.75, 3.05) is 12.5 Å². The lowest BCUT2D eigenvalue weighted by atomic mass is 10.1. The maximum Gasteiger partial charge on any atom is 0.197 e. The van der Waals surface area contributed by atoms with E-state index in [1.165, 1.54) is 12.4 Å². The fourth-order valence-electron chi connectivity index (χ4n) is 2.74. The first-order valence-corrected chi connectivity index (χ1v) is 7.97. The number of fused-ring (bicyclic) bond motifs is 3. The zero-order chi connectivity index (χ0) is 18.1. The molecular formula is C19H16N4O3. The highest BCUT2D eigenvalue weighted by Crippen LogP contribution is 2.30. The number of para-hydroxylation sites is 1. The molecule has 0 unspecified atom stereocenters. The number of ether oxygens (including phenoxy) is 1. The van der Waals surface area contributed by atoms with Gasteiger partial charge >= 0.3 is 0 Å². The average Bonchev–Trinajstić information content (AvgIpc) is 3.05. The zero-order valence-electron chi connectivity index (χ0n) is 14.2. The molecule has 2 N–H and O–H groups in total. The van der Waals surface area contributed by atoms with Crippen LogP contribution in [0.25, 0.3) is 22.1 Å². The van der Waals surface area contributed by atoms with Crippen molar-refractivity contribution in [2.24, 2.45) is 5.10 Å². The van der Waals surface area contributed by atoms with Crippen molar-refractivity contribution in [3.05, 3.63) is 54.4 Å². The van der Waals surface area contributed by atoms with Crippen LogP contribution < -0.4 is 10.2 Å². The number of rotatable bonds is 4. The van der Waals surface area contributed by atoms with E-state index in [4.69, 9.17) is 9.15 Å². The summed E-state index contributed by atoms with van der Waals surface area (Å²) in [6, 6.07) is 12.7. The van der Waals surface area contributed by atoms with Crippen LogP contribution in [0.2, 0.25) is 0 Å². The fourth-order valence-corrected chi connectivity index (χ4v) is 2.74. The Balaban J connectivity index is 1.70. The first-order chi connectivity index (χ1) is 12.7. The SMILES string of the molecule is COc1ccc(C(C)=NNc2ncnc3c2oc2ccccc23)c(O)c1. The molecule has 2 heterocycles. The number of hydrogen-bond acceptors (Lipinski definition) is 7. The van der Waals surface area contributed by atoms with E-state index in [1.807, 2.05) is 24.3 Å². The summed E-state index contributed by atoms with van der Waals surface area (Å²) in [5.41, 5.74) is 6.07. The van der Waals surface area contributed by atoms with Gasteiger partial charge in [0, 0.05) is 17.0 Å². The van der Waals surface area contributed by atoms with Crippen LogP contribution in [0.4, 0.5) is 5.82 Å². The Morgan fingerprint density at radius 2 is 2.04 bits per heavy atom. The standard InChI is InChI=1S/C19H16N4O3/c1-11(13-8-7-12(25-2)9-15(13)24)22-23-19-18-17(20-10-21-19)14-5-3-4-6-16(14)26-18/h3-10,24H,1-2H3,(H,20,21,23). The molecule has 0 aliphatic rings. The van der Waals surface area contributed by atoms with Crippen LogP contribution in [0.15, 0.2) is 58.3 Å². The molecule has 2 aromatic heterocycles. The summed E-state index contributed by atoms with van der Waals surface area (Å²) in [4.78, 5) is 8.51. The zero-order valence-corrected chi connectivity index (χ0v) is 14.2. The number of hydrazone groups is 1. The average molecular weight is 348 g/mol. The Bertz CT molecular complexity index is 1130. The molecule has 130 valence electrons. The van der Waals surface area contributed by atoms with E-state index in [9.17, 15) is 5.11 Å². The number of nitrogens with zero attached hydrogens (tertiary/aromatic N) is 3. The monoisotopic (exact) mass is 348 g/mol. The highest BCUT2D eigenvalue weighted by atomic mass is 16.5. The van der Waals surface area contributed by atoms with Crippen LogP contribution in [-0.4, -0.2) is 27.9 Å². The summed E-state index contributed by atoms with van der Waals surface area (Å²) in [5, 5.41) is 15.4. The Morgan fingerprint density at radius 1 is 1.19 bits per heavy atom. The van der Waals surface area contributed by atoms with Gasteiger partial charge in [-0.25, -0.2) is 9.97 Å². The number of methoxy groups -OCH3 is 1. The van der Waals surface area contributed by atoms with E-state index in [0.717, 1.165) is 16.5 Å². The van der Waals surface area contributed by atoms with Crippen molar-refractivity contribution in [1.82, 2.24) is 9.97 Å². The first-order valence-electron chi connectivity index (χ1n) is 7.97. The Hall–Kier alpha value is -3.61. The number of aromatic nitrogens is 2. The van der Waals surface area contributed by atoms with Gasteiger partial charge in [-0.05, 0) is 31.2 Å². The van der Waals surface area contributed by atoms with Gasteiger partial charge in [0.1, 0.15) is 28.9 Å². The summed E-state index contributed by atoms with van der Waals surface area (Å²) < 4.78 is 10.9. The number of phenolic OH excluding ortho intramolecular Hbond substituents is 1. The molecule has 0 amide bonds. The lowest BCUT2D eigenvalue weighted by Crippen LogP contribution is -2.02. The Morgan fingerprint density at radius 3 is 2.85 bits per heavy atom. The molecule has 0 bridgehead atoms. The highest BCUT2D eigenvalue weighted by Gasteiger charge is 2.13. The second-order valence-electron chi connectivity index (χ2n) is 5.69. The van der Waals surface area contributed by atoms with E-state index >= 15 is 0 Å². The predicted molar refractivity (Wildman–Crippen MR) is 99.8 cm³/mol. The summed E-state index contributed by atoms with van der Waals surface area (Å²) in [5.74, 6) is 1.12. The van der Waals surface area contributed by atoms with Gasteiger partial charge in [-0.1, -0.05) is 12.1 Å². The lowest BCUT2D eigenvalue weighted by Gasteiger charge is -2.07. The van der Waals surface area contributed by atoms with E-state index in [0.29, 0.717) is 28.4 Å². The van der Waals surface area contributed by atoms with Crippen LogP contribution in [-0.2, 0) is 0 Å². The van der Waals surface area contributed by atoms with E-state index in [1.54, 1.807) is 26.2 Å². The van der Waals surface area contributed by atoms with Gasteiger partial charge in [-0.15, -0.1) is 0 Å². The van der Waals surface area contributed by atoms with Gasteiger partial charge in [-0.2, -0.15) is 5.10 Å². The minimum atomic E-state index is 0.0870. The third-order valence-corrected chi connectivity index (χ3v) is 4.08. The minimum absolute atomic E-state index is 0.0870. The van der Waals surface area contributed by atoms with Gasteiger partial charge in [0.25, 0.3) is 0 Å². The normalized spacial score (nSPS) is 11.8. The molecule has 0 aliphatic carbocycles. The molecule has 0 radical (unpaired) electrons. The number of hydrogen-bond donors (Lipinski definition) is 2. The van der Waals surface area contributed by atoms with Crippen molar-refractivity contribution in [1.29, 1.82) is 0 Å². The number of phenols is 1. The topological polar surface area (TPSA) is 92.8 Å². The lowest BCUT2D eigenvalue weighted by molar-refractivity contribution is 0.407. The largest absolute Gasteiger partial charge is 0.507 e. The summed E-state index contributed by atoms with van der Waals surface area (Å²) in [6.07, 6.45) is 1.46. The Kier molecular flexibility index (Phi) is 3.89. The minimum Gasteiger partial charge on any atom is -0.507 e. The molecule has 7 heteroatoms. The summed E-state index contributed by atoms with van der Waals surface area (Å²) in [7, 11) is 1.55. The maximum atomic E-state index is 10.1. The van der Waals surface area contributed by atoms with Gasteiger partial charge in [0.05, 0.1) is 12.8 Å². The predicted octanol–water partition coefficient (Wildman–Crippen LogP) is 3.93. The molecule has 26 heavy (non-hydrogen) atoms. The third-order valence-electron chi connectivity index (χ3n) is 4.08. The van der Waals surface area contributed by atoms with E-state index in [2.05, 4.69) is 20.5 Å². The van der Waals surface area contributed by atoms with Crippen LogP contribution in [0, 0.1) is 0 Å². The second kappa shape index (κ2) is 6.36.